The van der Waals surface area contributed by atoms with Gasteiger partial charge in [-0.05, 0) is 57.3 Å². The van der Waals surface area contributed by atoms with Crippen molar-refractivity contribution < 1.29 is 13.2 Å². The molecule has 1 unspecified atom stereocenters. The number of rotatable bonds is 7. The zero-order chi connectivity index (χ0) is 16.7. The number of carbonyl (C=O) groups excluding carboxylic acids is 1. The standard InChI is InChI=1S/C16H25N3O3S.ClH/c1-2-23(21,22)19-15-8-4-3-7-14(15)16(20)18-11-9-13-6-5-10-17-12-13;/h3-4,7-8,13,17,19H,2,5-6,9-12H2,1H3,(H,18,20);1H. The lowest BCUT2D eigenvalue weighted by Gasteiger charge is -2.22. The van der Waals surface area contributed by atoms with E-state index < -0.39 is 10.0 Å². The molecule has 1 amide bonds. The summed E-state index contributed by atoms with van der Waals surface area (Å²) in [5, 5.41) is 6.25. The Hall–Kier alpha value is -1.31. The van der Waals surface area contributed by atoms with Crippen LogP contribution in [0.25, 0.3) is 0 Å². The van der Waals surface area contributed by atoms with Gasteiger partial charge in [0.25, 0.3) is 5.91 Å². The molecule has 1 aliphatic rings. The summed E-state index contributed by atoms with van der Waals surface area (Å²) in [6, 6.07) is 6.67. The minimum Gasteiger partial charge on any atom is -0.352 e. The number of hydrogen-bond acceptors (Lipinski definition) is 4. The number of piperidine rings is 1. The Balaban J connectivity index is 0.00000288. The van der Waals surface area contributed by atoms with Crippen molar-refractivity contribution in [1.29, 1.82) is 0 Å². The topological polar surface area (TPSA) is 87.3 Å². The van der Waals surface area contributed by atoms with Crippen molar-refractivity contribution in [2.75, 3.05) is 30.1 Å². The number of benzene rings is 1. The van der Waals surface area contributed by atoms with E-state index in [0.29, 0.717) is 23.7 Å². The van der Waals surface area contributed by atoms with Gasteiger partial charge >= 0.3 is 0 Å². The van der Waals surface area contributed by atoms with Crippen molar-refractivity contribution in [2.24, 2.45) is 5.92 Å². The van der Waals surface area contributed by atoms with Crippen LogP contribution in [-0.4, -0.2) is 39.7 Å². The molecule has 1 fully saturated rings. The van der Waals surface area contributed by atoms with Crippen molar-refractivity contribution in [3.05, 3.63) is 29.8 Å². The van der Waals surface area contributed by atoms with Crippen LogP contribution >= 0.6 is 12.4 Å². The number of halogens is 1. The fourth-order valence-corrected chi connectivity index (χ4v) is 3.32. The second-order valence-corrected chi connectivity index (χ2v) is 7.82. The summed E-state index contributed by atoms with van der Waals surface area (Å²) in [6.45, 7) is 4.24. The molecule has 24 heavy (non-hydrogen) atoms. The first-order valence-corrected chi connectivity index (χ1v) is 9.75. The van der Waals surface area contributed by atoms with Crippen LogP contribution in [0, 0.1) is 5.92 Å². The molecule has 1 heterocycles. The van der Waals surface area contributed by atoms with E-state index >= 15 is 0 Å². The number of amides is 1. The lowest BCUT2D eigenvalue weighted by Crippen LogP contribution is -2.33. The maximum absolute atomic E-state index is 12.3. The lowest BCUT2D eigenvalue weighted by atomic mass is 9.96. The van der Waals surface area contributed by atoms with Gasteiger partial charge in [0.15, 0.2) is 0 Å². The Labute approximate surface area is 150 Å². The molecular formula is C16H26ClN3O3S. The summed E-state index contributed by atoms with van der Waals surface area (Å²) in [5.41, 5.74) is 0.678. The molecule has 0 bridgehead atoms. The second kappa shape index (κ2) is 9.86. The van der Waals surface area contributed by atoms with E-state index in [-0.39, 0.29) is 24.1 Å². The SMILES string of the molecule is CCS(=O)(=O)Nc1ccccc1C(=O)NCCC1CCCNC1.Cl. The smallest absolute Gasteiger partial charge is 0.253 e. The van der Waals surface area contributed by atoms with Crippen molar-refractivity contribution in [3.8, 4) is 0 Å². The average molecular weight is 376 g/mol. The third-order valence-corrected chi connectivity index (χ3v) is 5.35. The Morgan fingerprint density at radius 2 is 2.08 bits per heavy atom. The molecule has 6 nitrogen and oxygen atoms in total. The van der Waals surface area contributed by atoms with E-state index in [1.54, 1.807) is 31.2 Å². The van der Waals surface area contributed by atoms with Gasteiger partial charge in [0, 0.05) is 6.54 Å². The first-order valence-electron chi connectivity index (χ1n) is 8.10. The second-order valence-electron chi connectivity index (χ2n) is 5.81. The zero-order valence-electron chi connectivity index (χ0n) is 13.9. The van der Waals surface area contributed by atoms with Crippen LogP contribution in [0.3, 0.4) is 0 Å². The highest BCUT2D eigenvalue weighted by Gasteiger charge is 2.16. The molecule has 0 spiro atoms. The van der Waals surface area contributed by atoms with Gasteiger partial charge in [-0.2, -0.15) is 0 Å². The summed E-state index contributed by atoms with van der Waals surface area (Å²) < 4.78 is 25.9. The summed E-state index contributed by atoms with van der Waals surface area (Å²) in [4.78, 5) is 12.3. The summed E-state index contributed by atoms with van der Waals surface area (Å²) in [7, 11) is -3.40. The normalized spacial score (nSPS) is 17.6. The van der Waals surface area contributed by atoms with Crippen LogP contribution in [0.1, 0.15) is 36.5 Å². The van der Waals surface area contributed by atoms with Crippen LogP contribution in [0.5, 0.6) is 0 Å². The molecule has 3 N–H and O–H groups in total. The van der Waals surface area contributed by atoms with Crippen molar-refractivity contribution in [3.63, 3.8) is 0 Å². The van der Waals surface area contributed by atoms with E-state index in [2.05, 4.69) is 15.4 Å². The summed E-state index contributed by atoms with van der Waals surface area (Å²) in [6.07, 6.45) is 3.30. The summed E-state index contributed by atoms with van der Waals surface area (Å²) >= 11 is 0. The molecule has 0 aliphatic carbocycles. The molecule has 1 aromatic carbocycles. The highest BCUT2D eigenvalue weighted by atomic mass is 35.5. The predicted molar refractivity (Wildman–Crippen MR) is 99.3 cm³/mol. The Morgan fingerprint density at radius 1 is 1.33 bits per heavy atom. The first kappa shape index (κ1) is 20.7. The molecule has 0 aromatic heterocycles. The van der Waals surface area contributed by atoms with E-state index in [4.69, 9.17) is 0 Å². The Morgan fingerprint density at radius 3 is 2.75 bits per heavy atom. The van der Waals surface area contributed by atoms with Crippen LogP contribution < -0.4 is 15.4 Å². The number of para-hydroxylation sites is 1. The van der Waals surface area contributed by atoms with Gasteiger partial charge in [-0.1, -0.05) is 12.1 Å². The number of hydrogen-bond donors (Lipinski definition) is 3. The average Bonchev–Trinajstić information content (AvgIpc) is 2.56. The van der Waals surface area contributed by atoms with Crippen molar-refractivity contribution in [1.82, 2.24) is 10.6 Å². The number of carbonyl (C=O) groups is 1. The summed E-state index contributed by atoms with van der Waals surface area (Å²) in [5.74, 6) is 0.318. The molecule has 0 radical (unpaired) electrons. The fraction of sp³-hybridized carbons (Fsp3) is 0.562. The van der Waals surface area contributed by atoms with Crippen molar-refractivity contribution in [2.45, 2.75) is 26.2 Å². The van der Waals surface area contributed by atoms with Crippen LogP contribution in [0.2, 0.25) is 0 Å². The predicted octanol–water partition coefficient (Wildman–Crippen LogP) is 1.99. The largest absolute Gasteiger partial charge is 0.352 e. The number of sulfonamides is 1. The molecule has 136 valence electrons. The molecule has 2 rings (SSSR count). The third kappa shape index (κ3) is 6.30. The highest BCUT2D eigenvalue weighted by molar-refractivity contribution is 7.92. The Kier molecular flexibility index (Phi) is 8.52. The van der Waals surface area contributed by atoms with Gasteiger partial charge in [0.05, 0.1) is 17.0 Å². The van der Waals surface area contributed by atoms with Crippen LogP contribution in [0.15, 0.2) is 24.3 Å². The van der Waals surface area contributed by atoms with Crippen LogP contribution in [-0.2, 0) is 10.0 Å². The maximum atomic E-state index is 12.3. The molecule has 1 aliphatic heterocycles. The Bertz CT molecular complexity index is 631. The van der Waals surface area contributed by atoms with Crippen molar-refractivity contribution >= 4 is 34.0 Å². The van der Waals surface area contributed by atoms with Crippen LogP contribution in [0.4, 0.5) is 5.69 Å². The quantitative estimate of drug-likeness (QED) is 0.680. The minimum absolute atomic E-state index is 0. The lowest BCUT2D eigenvalue weighted by molar-refractivity contribution is 0.0951. The fourth-order valence-electron chi connectivity index (χ4n) is 2.67. The van der Waals surface area contributed by atoms with Gasteiger partial charge in [-0.15, -0.1) is 12.4 Å². The van der Waals surface area contributed by atoms with Gasteiger partial charge in [0.1, 0.15) is 0 Å². The van der Waals surface area contributed by atoms with Gasteiger partial charge in [0.2, 0.25) is 10.0 Å². The first-order chi connectivity index (χ1) is 11.0. The third-order valence-electron chi connectivity index (χ3n) is 4.05. The molecule has 1 aromatic rings. The molecule has 8 heteroatoms. The number of nitrogens with one attached hydrogen (secondary N) is 3. The zero-order valence-corrected chi connectivity index (χ0v) is 15.5. The van der Waals surface area contributed by atoms with E-state index in [1.807, 2.05) is 0 Å². The molecule has 0 saturated carbocycles. The molecule has 1 atom stereocenters. The van der Waals surface area contributed by atoms with Gasteiger partial charge < -0.3 is 10.6 Å². The van der Waals surface area contributed by atoms with E-state index in [1.165, 1.54) is 12.8 Å². The van der Waals surface area contributed by atoms with E-state index in [9.17, 15) is 13.2 Å². The minimum atomic E-state index is -3.40. The van der Waals surface area contributed by atoms with Gasteiger partial charge in [-0.3, -0.25) is 9.52 Å². The molecule has 1 saturated heterocycles. The highest BCUT2D eigenvalue weighted by Crippen LogP contribution is 2.17. The van der Waals surface area contributed by atoms with E-state index in [0.717, 1.165) is 19.5 Å². The van der Waals surface area contributed by atoms with Gasteiger partial charge in [-0.25, -0.2) is 8.42 Å². The maximum Gasteiger partial charge on any atom is 0.253 e. The monoisotopic (exact) mass is 375 g/mol. The number of anilines is 1. The molecular weight excluding hydrogens is 350 g/mol.